The lowest BCUT2D eigenvalue weighted by Crippen LogP contribution is -2.44. The smallest absolute Gasteiger partial charge is 0.436 e. The molecule has 0 fully saturated rings. The van der Waals surface area contributed by atoms with E-state index < -0.39 is 29.7 Å². The Morgan fingerprint density at radius 3 is 2.40 bits per heavy atom. The highest BCUT2D eigenvalue weighted by Crippen LogP contribution is 2.32. The lowest BCUT2D eigenvalue weighted by Gasteiger charge is -2.24. The summed E-state index contributed by atoms with van der Waals surface area (Å²) in [6.45, 7) is 3.91. The van der Waals surface area contributed by atoms with E-state index >= 15 is 0 Å². The number of hydrogen-bond donors (Lipinski definition) is 4. The van der Waals surface area contributed by atoms with Crippen LogP contribution >= 0.6 is 11.8 Å². The first-order chi connectivity index (χ1) is 20.3. The summed E-state index contributed by atoms with van der Waals surface area (Å²) in [4.78, 5) is 34.4. The van der Waals surface area contributed by atoms with Crippen molar-refractivity contribution in [2.45, 2.75) is 44.5 Å². The number of benzene rings is 2. The van der Waals surface area contributed by atoms with Gasteiger partial charge in [-0.15, -0.1) is 0 Å². The first kappa shape index (κ1) is 32.4. The summed E-state index contributed by atoms with van der Waals surface area (Å²) in [6.07, 6.45) is 0.974. The van der Waals surface area contributed by atoms with E-state index in [1.165, 1.54) is 11.8 Å². The minimum Gasteiger partial charge on any atom is -0.448 e. The maximum absolute atomic E-state index is 12.2. The second-order valence-electron chi connectivity index (χ2n) is 9.31. The average molecular weight is 596 g/mol. The molecule has 224 valence electrons. The molecule has 0 saturated heterocycles. The van der Waals surface area contributed by atoms with Crippen molar-refractivity contribution in [1.29, 1.82) is 0 Å². The number of ether oxygens (including phenoxy) is 2. The number of thioether (sulfide) groups is 1. The number of aromatic nitrogens is 1. The van der Waals surface area contributed by atoms with Crippen molar-refractivity contribution in [2.75, 3.05) is 25.6 Å². The fraction of sp³-hybridized carbons (Fsp3) is 0.333. The molecule has 4 N–H and O–H groups in total. The normalized spacial score (nSPS) is 13.4. The van der Waals surface area contributed by atoms with Crippen LogP contribution in [0.15, 0.2) is 84.1 Å². The zero-order valence-electron chi connectivity index (χ0n) is 23.8. The van der Waals surface area contributed by atoms with Gasteiger partial charge in [0.15, 0.2) is 5.17 Å². The van der Waals surface area contributed by atoms with Gasteiger partial charge in [0.05, 0.1) is 24.5 Å². The summed E-state index contributed by atoms with van der Waals surface area (Å²) in [5.41, 5.74) is 3.18. The van der Waals surface area contributed by atoms with E-state index in [9.17, 15) is 19.8 Å². The second-order valence-corrected chi connectivity index (χ2v) is 10.5. The minimum absolute atomic E-state index is 0.125. The molecule has 0 bridgehead atoms. The number of aliphatic hydroxyl groups excluding tert-OH is 2. The van der Waals surface area contributed by atoms with Gasteiger partial charge in [0, 0.05) is 31.7 Å². The molecule has 11 nitrogen and oxygen atoms in total. The first-order valence-corrected chi connectivity index (χ1v) is 14.3. The van der Waals surface area contributed by atoms with Crippen molar-refractivity contribution in [3.05, 3.63) is 95.8 Å². The molecule has 0 aliphatic rings. The Balaban J connectivity index is 1.59. The Bertz CT molecular complexity index is 1280. The Labute approximate surface area is 250 Å². The molecule has 2 unspecified atom stereocenters. The largest absolute Gasteiger partial charge is 0.448 e. The Morgan fingerprint density at radius 1 is 1.05 bits per heavy atom. The molecule has 2 amide bonds. The number of amides is 2. The van der Waals surface area contributed by atoms with Gasteiger partial charge in [-0.05, 0) is 48.7 Å². The van der Waals surface area contributed by atoms with Gasteiger partial charge >= 0.3 is 12.2 Å². The van der Waals surface area contributed by atoms with Gasteiger partial charge < -0.3 is 35.2 Å². The van der Waals surface area contributed by atoms with Crippen LogP contribution in [-0.2, 0) is 22.6 Å². The molecule has 0 saturated carbocycles. The third-order valence-electron chi connectivity index (χ3n) is 5.97. The molecule has 2 aromatic carbocycles. The van der Waals surface area contributed by atoms with Crippen molar-refractivity contribution >= 4 is 34.8 Å². The SMILES string of the molecule is CCOC(=O)/N=C(\SC(CO)c1ccc(NC(O)[C@H](C)NC(=O)OCc2ccccc2)cc1)N(C)Cc1cccnc1. The van der Waals surface area contributed by atoms with E-state index in [0.717, 1.165) is 16.7 Å². The summed E-state index contributed by atoms with van der Waals surface area (Å²) in [6, 6.07) is 19.5. The van der Waals surface area contributed by atoms with Crippen LogP contribution in [0.3, 0.4) is 0 Å². The van der Waals surface area contributed by atoms with Crippen molar-refractivity contribution in [3.63, 3.8) is 0 Å². The Hall–Kier alpha value is -4.13. The zero-order valence-corrected chi connectivity index (χ0v) is 24.7. The Kier molecular flexibility index (Phi) is 13.1. The van der Waals surface area contributed by atoms with E-state index in [0.29, 0.717) is 17.4 Å². The number of pyridine rings is 1. The molecule has 42 heavy (non-hydrogen) atoms. The molecular weight excluding hydrogens is 558 g/mol. The van der Waals surface area contributed by atoms with Gasteiger partial charge in [-0.25, -0.2) is 9.59 Å². The number of hydrogen-bond acceptors (Lipinski definition) is 9. The molecule has 12 heteroatoms. The second kappa shape index (κ2) is 17.0. The van der Waals surface area contributed by atoms with Crippen LogP contribution in [0.4, 0.5) is 15.3 Å². The highest BCUT2D eigenvalue weighted by molar-refractivity contribution is 8.14. The zero-order chi connectivity index (χ0) is 30.3. The highest BCUT2D eigenvalue weighted by Gasteiger charge is 2.21. The van der Waals surface area contributed by atoms with Crippen molar-refractivity contribution in [3.8, 4) is 0 Å². The summed E-state index contributed by atoms with van der Waals surface area (Å²) in [5.74, 6) is 0. The molecule has 3 rings (SSSR count). The quantitative estimate of drug-likeness (QED) is 0.134. The number of alkyl carbamates (subject to hydrolysis) is 1. The summed E-state index contributed by atoms with van der Waals surface area (Å²) in [5, 5.41) is 26.3. The third kappa shape index (κ3) is 10.7. The monoisotopic (exact) mass is 595 g/mol. The van der Waals surface area contributed by atoms with Gasteiger partial charge in [-0.2, -0.15) is 4.99 Å². The number of nitrogens with one attached hydrogen (secondary N) is 2. The number of nitrogens with zero attached hydrogens (tertiary/aromatic N) is 3. The molecule has 0 aliphatic heterocycles. The lowest BCUT2D eigenvalue weighted by atomic mass is 10.1. The van der Waals surface area contributed by atoms with Crippen LogP contribution < -0.4 is 10.6 Å². The predicted molar refractivity (Wildman–Crippen MR) is 163 cm³/mol. The van der Waals surface area contributed by atoms with Crippen molar-refractivity contribution in [2.24, 2.45) is 4.99 Å². The van der Waals surface area contributed by atoms with Gasteiger partial charge in [0.1, 0.15) is 12.8 Å². The number of aliphatic imine (C=N–C) groups is 1. The van der Waals surface area contributed by atoms with Crippen molar-refractivity contribution < 1.29 is 29.3 Å². The van der Waals surface area contributed by atoms with E-state index in [-0.39, 0.29) is 19.8 Å². The molecule has 3 atom stereocenters. The topological polar surface area (TPSA) is 146 Å². The number of anilines is 1. The first-order valence-electron chi connectivity index (χ1n) is 13.4. The van der Waals surface area contributed by atoms with E-state index in [1.54, 1.807) is 62.5 Å². The standard InChI is InChI=1S/C30H37N5O6S/c1-4-40-30(39)34-28(35(3)18-23-11-8-16-31-17-23)42-26(19-36)24-12-14-25(15-13-24)33-27(37)21(2)32-29(38)41-20-22-9-6-5-7-10-22/h5-17,21,26-27,33,36-37H,4,18-20H2,1-3H3,(H,32,38)/b34-28-/t21-,26?,27?/m0/s1. The van der Waals surface area contributed by atoms with Crippen LogP contribution in [-0.4, -0.2) is 70.0 Å². The number of amidine groups is 1. The molecule has 0 aliphatic carbocycles. The lowest BCUT2D eigenvalue weighted by molar-refractivity contribution is 0.116. The number of carbonyl (C=O) groups is 2. The van der Waals surface area contributed by atoms with Crippen LogP contribution in [0, 0.1) is 0 Å². The van der Waals surface area contributed by atoms with Crippen LogP contribution in [0.1, 0.15) is 35.8 Å². The average Bonchev–Trinajstić information content (AvgIpc) is 2.99. The molecular formula is C30H37N5O6S. The summed E-state index contributed by atoms with van der Waals surface area (Å²) < 4.78 is 10.2. The van der Waals surface area contributed by atoms with Gasteiger partial charge in [0.25, 0.3) is 0 Å². The fourth-order valence-electron chi connectivity index (χ4n) is 3.73. The maximum atomic E-state index is 12.2. The third-order valence-corrected chi connectivity index (χ3v) is 7.29. The predicted octanol–water partition coefficient (Wildman–Crippen LogP) is 4.54. The fourth-order valence-corrected chi connectivity index (χ4v) is 4.72. The Morgan fingerprint density at radius 2 is 1.76 bits per heavy atom. The van der Waals surface area contributed by atoms with Crippen LogP contribution in [0.2, 0.25) is 0 Å². The van der Waals surface area contributed by atoms with Crippen LogP contribution in [0.5, 0.6) is 0 Å². The highest BCUT2D eigenvalue weighted by atomic mass is 32.2. The van der Waals surface area contributed by atoms with Crippen LogP contribution in [0.25, 0.3) is 0 Å². The van der Waals surface area contributed by atoms with E-state index in [2.05, 4.69) is 20.6 Å². The van der Waals surface area contributed by atoms with Gasteiger partial charge in [-0.1, -0.05) is 60.3 Å². The molecule has 0 radical (unpaired) electrons. The summed E-state index contributed by atoms with van der Waals surface area (Å²) in [7, 11) is 1.80. The van der Waals surface area contributed by atoms with Gasteiger partial charge in [-0.3, -0.25) is 4.98 Å². The van der Waals surface area contributed by atoms with E-state index in [4.69, 9.17) is 9.47 Å². The van der Waals surface area contributed by atoms with Crippen molar-refractivity contribution in [1.82, 2.24) is 15.2 Å². The molecule has 1 aromatic heterocycles. The van der Waals surface area contributed by atoms with E-state index in [1.807, 2.05) is 42.5 Å². The molecule has 1 heterocycles. The summed E-state index contributed by atoms with van der Waals surface area (Å²) >= 11 is 1.23. The maximum Gasteiger partial charge on any atom is 0.436 e. The minimum atomic E-state index is -1.09. The molecule has 0 spiro atoms. The number of carbonyl (C=O) groups excluding carboxylic acids is 2. The number of rotatable bonds is 12. The molecule has 3 aromatic rings. The number of aliphatic hydroxyl groups is 2. The van der Waals surface area contributed by atoms with Gasteiger partial charge in [0.2, 0.25) is 0 Å².